The van der Waals surface area contributed by atoms with Crippen LogP contribution in [0.15, 0.2) is 54.6 Å². The number of piperidine rings is 1. The molecule has 0 aromatic heterocycles. The van der Waals surface area contributed by atoms with Gasteiger partial charge in [0.2, 0.25) is 0 Å². The number of aliphatic hydroxyl groups excluding tert-OH is 1. The minimum atomic E-state index is -0.692. The van der Waals surface area contributed by atoms with Crippen LogP contribution < -0.4 is 0 Å². The maximum absolute atomic E-state index is 12.6. The second-order valence-corrected chi connectivity index (χ2v) is 8.64. The van der Waals surface area contributed by atoms with E-state index in [1.165, 1.54) is 7.11 Å². The molecule has 0 radical (unpaired) electrons. The molecule has 1 aliphatic rings. The Morgan fingerprint density at radius 2 is 1.76 bits per heavy atom. The van der Waals surface area contributed by atoms with Crippen molar-refractivity contribution in [2.45, 2.75) is 38.4 Å². The van der Waals surface area contributed by atoms with E-state index in [-0.39, 0.29) is 17.5 Å². The Bertz CT molecular complexity index is 815. The molecule has 1 fully saturated rings. The van der Waals surface area contributed by atoms with Crippen molar-refractivity contribution in [2.75, 3.05) is 26.9 Å². The van der Waals surface area contributed by atoms with E-state index in [2.05, 4.69) is 18.2 Å². The average molecular weight is 398 g/mol. The average Bonchev–Trinajstić information content (AvgIpc) is 2.71. The van der Waals surface area contributed by atoms with Gasteiger partial charge in [-0.15, -0.1) is 0 Å². The van der Waals surface area contributed by atoms with Crippen LogP contribution in [0.3, 0.4) is 0 Å². The van der Waals surface area contributed by atoms with Crippen molar-refractivity contribution >= 4 is 5.97 Å². The van der Waals surface area contributed by atoms with Crippen LogP contribution in [0.1, 0.15) is 32.3 Å². The van der Waals surface area contributed by atoms with Crippen LogP contribution in [0.25, 0.3) is 11.1 Å². The van der Waals surface area contributed by atoms with E-state index in [0.717, 1.165) is 16.7 Å². The molecule has 2 aromatic rings. The minimum Gasteiger partial charge on any atom is -0.469 e. The van der Waals surface area contributed by atoms with Gasteiger partial charge in [0, 0.05) is 19.0 Å². The number of β-amino-alcohol motifs (C(OH)–C–C–N with tert-alkyl or cyclic N) is 1. The van der Waals surface area contributed by atoms with Gasteiger partial charge in [-0.1, -0.05) is 54.6 Å². The summed E-state index contributed by atoms with van der Waals surface area (Å²) in [5, 5.41) is 11.0. The number of esters is 1. The van der Waals surface area contributed by atoms with E-state index in [1.54, 1.807) is 0 Å². The van der Waals surface area contributed by atoms with Crippen molar-refractivity contribution in [2.24, 2.45) is 5.92 Å². The molecule has 3 atom stereocenters. The normalized spacial score (nSPS) is 23.0. The van der Waals surface area contributed by atoms with Crippen molar-refractivity contribution in [3.63, 3.8) is 0 Å². The van der Waals surface area contributed by atoms with Gasteiger partial charge in [0.1, 0.15) is 0 Å². The number of aliphatic hydroxyl groups is 1. The highest BCUT2D eigenvalue weighted by Crippen LogP contribution is 2.36. The quantitative estimate of drug-likeness (QED) is 0.780. The lowest BCUT2D eigenvalue weighted by atomic mass is 9.78. The Kier molecular flexibility index (Phi) is 6.73. The molecule has 5 nitrogen and oxygen atoms in total. The third-order valence-corrected chi connectivity index (χ3v) is 5.31. The van der Waals surface area contributed by atoms with E-state index in [0.29, 0.717) is 19.8 Å². The largest absolute Gasteiger partial charge is 0.469 e. The van der Waals surface area contributed by atoms with E-state index in [9.17, 15) is 9.90 Å². The van der Waals surface area contributed by atoms with Crippen molar-refractivity contribution in [1.29, 1.82) is 0 Å². The van der Waals surface area contributed by atoms with Gasteiger partial charge in [0.15, 0.2) is 0 Å². The number of benzene rings is 2. The van der Waals surface area contributed by atoms with Gasteiger partial charge in [-0.3, -0.25) is 9.69 Å². The van der Waals surface area contributed by atoms with Gasteiger partial charge in [0.05, 0.1) is 31.5 Å². The Labute approximate surface area is 173 Å². The van der Waals surface area contributed by atoms with Gasteiger partial charge in [0.25, 0.3) is 0 Å². The summed E-state index contributed by atoms with van der Waals surface area (Å²) in [6, 6.07) is 18.2. The Balaban J connectivity index is 1.86. The summed E-state index contributed by atoms with van der Waals surface area (Å²) >= 11 is 0. The molecule has 5 heteroatoms. The van der Waals surface area contributed by atoms with E-state index in [4.69, 9.17) is 9.47 Å². The minimum absolute atomic E-state index is 0.285. The van der Waals surface area contributed by atoms with Gasteiger partial charge < -0.3 is 14.6 Å². The number of nitrogens with zero attached hydrogens (tertiary/aromatic N) is 1. The summed E-state index contributed by atoms with van der Waals surface area (Å²) in [6.45, 7) is 7.27. The van der Waals surface area contributed by atoms with Crippen LogP contribution in [-0.4, -0.2) is 54.6 Å². The van der Waals surface area contributed by atoms with Crippen molar-refractivity contribution in [1.82, 2.24) is 4.90 Å². The van der Waals surface area contributed by atoms with E-state index >= 15 is 0 Å². The summed E-state index contributed by atoms with van der Waals surface area (Å²) in [4.78, 5) is 14.6. The first-order valence-corrected chi connectivity index (χ1v) is 10.1. The lowest BCUT2D eigenvalue weighted by molar-refractivity contribution is -0.154. The molecule has 29 heavy (non-hydrogen) atoms. The van der Waals surface area contributed by atoms with E-state index in [1.807, 2.05) is 62.1 Å². The first-order valence-electron chi connectivity index (χ1n) is 10.1. The predicted octanol–water partition coefficient (Wildman–Crippen LogP) is 3.68. The van der Waals surface area contributed by atoms with Gasteiger partial charge in [-0.05, 0) is 37.5 Å². The first kappa shape index (κ1) is 21.5. The molecule has 0 spiro atoms. The molecule has 0 amide bonds. The predicted molar refractivity (Wildman–Crippen MR) is 113 cm³/mol. The zero-order valence-corrected chi connectivity index (χ0v) is 17.7. The smallest absolute Gasteiger partial charge is 0.310 e. The number of hydrogen-bond donors (Lipinski definition) is 1. The Morgan fingerprint density at radius 3 is 2.41 bits per heavy atom. The number of likely N-dealkylation sites (tertiary alicyclic amines) is 1. The lowest BCUT2D eigenvalue weighted by Crippen LogP contribution is -2.52. The fourth-order valence-corrected chi connectivity index (χ4v) is 3.89. The number of methoxy groups -OCH3 is 1. The maximum atomic E-state index is 12.6. The molecule has 1 saturated heterocycles. The maximum Gasteiger partial charge on any atom is 0.310 e. The van der Waals surface area contributed by atoms with Crippen LogP contribution in [0, 0.1) is 5.92 Å². The van der Waals surface area contributed by atoms with E-state index < -0.39 is 12.0 Å². The molecule has 1 N–H and O–H groups in total. The number of carbonyl (C=O) groups excluding carboxylic acids is 1. The molecule has 0 aliphatic carbocycles. The molecule has 1 aliphatic heterocycles. The highest BCUT2D eigenvalue weighted by atomic mass is 16.5. The lowest BCUT2D eigenvalue weighted by Gasteiger charge is -2.41. The molecule has 1 heterocycles. The second-order valence-electron chi connectivity index (χ2n) is 8.64. The highest BCUT2D eigenvalue weighted by Gasteiger charge is 2.41. The van der Waals surface area contributed by atoms with Gasteiger partial charge >= 0.3 is 5.97 Å². The van der Waals surface area contributed by atoms with Crippen molar-refractivity contribution < 1.29 is 19.4 Å². The highest BCUT2D eigenvalue weighted by molar-refractivity contribution is 5.74. The van der Waals surface area contributed by atoms with Crippen LogP contribution in [0.2, 0.25) is 0 Å². The van der Waals surface area contributed by atoms with Crippen LogP contribution in [0.5, 0.6) is 0 Å². The SMILES string of the molecule is COC(=O)[C@H]1CN(COC(C)(C)C)C[C@@H](O)[C@@H]1c1cccc(-c2ccccc2)c1. The van der Waals surface area contributed by atoms with Crippen LogP contribution in [-0.2, 0) is 14.3 Å². The van der Waals surface area contributed by atoms with Gasteiger partial charge in [-0.25, -0.2) is 0 Å². The second kappa shape index (κ2) is 9.08. The molecule has 0 bridgehead atoms. The zero-order valence-electron chi connectivity index (χ0n) is 17.7. The molecular weight excluding hydrogens is 366 g/mol. The number of ether oxygens (including phenoxy) is 2. The number of rotatable bonds is 5. The van der Waals surface area contributed by atoms with Crippen LogP contribution in [0.4, 0.5) is 0 Å². The first-order chi connectivity index (χ1) is 13.8. The zero-order chi connectivity index (χ0) is 21.0. The summed E-state index contributed by atoms with van der Waals surface area (Å²) in [5.41, 5.74) is 2.84. The summed E-state index contributed by atoms with van der Waals surface area (Å²) < 4.78 is 10.9. The molecule has 0 unspecified atom stereocenters. The molecule has 3 rings (SSSR count). The third-order valence-electron chi connectivity index (χ3n) is 5.31. The monoisotopic (exact) mass is 397 g/mol. The number of hydrogen-bond acceptors (Lipinski definition) is 5. The third kappa shape index (κ3) is 5.44. The van der Waals surface area contributed by atoms with Crippen LogP contribution >= 0.6 is 0 Å². The topological polar surface area (TPSA) is 59.0 Å². The Morgan fingerprint density at radius 1 is 1.07 bits per heavy atom. The summed E-state index contributed by atoms with van der Waals surface area (Å²) in [7, 11) is 1.40. The fourth-order valence-electron chi connectivity index (χ4n) is 3.89. The number of carbonyl (C=O) groups is 1. The summed E-state index contributed by atoms with van der Waals surface area (Å²) in [5.74, 6) is -1.09. The van der Waals surface area contributed by atoms with Gasteiger partial charge in [-0.2, -0.15) is 0 Å². The molecular formula is C24H31NO4. The van der Waals surface area contributed by atoms with Crippen molar-refractivity contribution in [3.8, 4) is 11.1 Å². The standard InChI is InChI=1S/C24H31NO4/c1-24(2,3)29-16-25-14-20(23(27)28-4)22(21(26)15-25)19-12-8-11-18(13-19)17-9-6-5-7-10-17/h5-13,20-22,26H,14-16H2,1-4H3/t20-,21+,22+/m0/s1. The molecule has 156 valence electrons. The Hall–Kier alpha value is -2.21. The summed E-state index contributed by atoms with van der Waals surface area (Å²) in [6.07, 6.45) is -0.692. The molecule has 0 saturated carbocycles. The fraction of sp³-hybridized carbons (Fsp3) is 0.458. The molecule has 2 aromatic carbocycles. The van der Waals surface area contributed by atoms with Crippen molar-refractivity contribution in [3.05, 3.63) is 60.2 Å².